The van der Waals surface area contributed by atoms with E-state index in [-0.39, 0.29) is 17.1 Å². The first kappa shape index (κ1) is 15.0. The molecule has 0 spiro atoms. The fourth-order valence-corrected chi connectivity index (χ4v) is 2.02. The minimum absolute atomic E-state index is 0.0524. The summed E-state index contributed by atoms with van der Waals surface area (Å²) in [5.41, 5.74) is 6.07. The molecule has 2 aromatic rings. The van der Waals surface area contributed by atoms with Crippen LogP contribution in [0.4, 0.5) is 4.39 Å². The van der Waals surface area contributed by atoms with Gasteiger partial charge in [0.25, 0.3) is 5.91 Å². The van der Waals surface area contributed by atoms with Crippen LogP contribution in [0.1, 0.15) is 26.3 Å². The normalized spacial score (nSPS) is 10.2. The standard InChI is InChI=1S/C15H12ClFN2O2/c16-11-2-1-3-12(17)13(11)15(21)19-8-9-4-6-10(7-5-9)14(18)20/h1-7H,8H2,(H2,18,20)(H,19,21). The molecular formula is C15H12ClFN2O2. The highest BCUT2D eigenvalue weighted by atomic mass is 35.5. The summed E-state index contributed by atoms with van der Waals surface area (Å²) in [6.45, 7) is 0.183. The summed E-state index contributed by atoms with van der Waals surface area (Å²) in [7, 11) is 0. The summed E-state index contributed by atoms with van der Waals surface area (Å²) in [5.74, 6) is -1.80. The van der Waals surface area contributed by atoms with E-state index in [0.29, 0.717) is 5.56 Å². The van der Waals surface area contributed by atoms with Crippen LogP contribution in [-0.4, -0.2) is 11.8 Å². The maximum atomic E-state index is 13.6. The smallest absolute Gasteiger partial charge is 0.256 e. The Morgan fingerprint density at radius 3 is 2.38 bits per heavy atom. The SMILES string of the molecule is NC(=O)c1ccc(CNC(=O)c2c(F)cccc2Cl)cc1. The van der Waals surface area contributed by atoms with Crippen molar-refractivity contribution in [3.8, 4) is 0 Å². The van der Waals surface area contributed by atoms with Crippen molar-refractivity contribution >= 4 is 23.4 Å². The summed E-state index contributed by atoms with van der Waals surface area (Å²) in [5, 5.41) is 2.62. The van der Waals surface area contributed by atoms with E-state index in [1.807, 2.05) is 0 Å². The van der Waals surface area contributed by atoms with Gasteiger partial charge in [0.1, 0.15) is 5.82 Å². The van der Waals surface area contributed by atoms with E-state index in [9.17, 15) is 14.0 Å². The van der Waals surface area contributed by atoms with Gasteiger partial charge in [-0.2, -0.15) is 0 Å². The summed E-state index contributed by atoms with van der Waals surface area (Å²) in [4.78, 5) is 22.9. The highest BCUT2D eigenvalue weighted by molar-refractivity contribution is 6.33. The van der Waals surface area contributed by atoms with Gasteiger partial charge < -0.3 is 11.1 Å². The molecular weight excluding hydrogens is 295 g/mol. The predicted octanol–water partition coefficient (Wildman–Crippen LogP) is 2.51. The van der Waals surface area contributed by atoms with Gasteiger partial charge in [-0.25, -0.2) is 4.39 Å². The molecule has 3 N–H and O–H groups in total. The first-order chi connectivity index (χ1) is 9.99. The van der Waals surface area contributed by atoms with Gasteiger partial charge in [0.05, 0.1) is 10.6 Å². The van der Waals surface area contributed by atoms with Crippen molar-refractivity contribution in [2.45, 2.75) is 6.54 Å². The number of carbonyl (C=O) groups excluding carboxylic acids is 2. The zero-order valence-corrected chi connectivity index (χ0v) is 11.7. The van der Waals surface area contributed by atoms with Crippen molar-refractivity contribution in [2.24, 2.45) is 5.73 Å². The van der Waals surface area contributed by atoms with Gasteiger partial charge >= 0.3 is 0 Å². The van der Waals surface area contributed by atoms with Crippen LogP contribution in [0.2, 0.25) is 5.02 Å². The minimum Gasteiger partial charge on any atom is -0.366 e. The monoisotopic (exact) mass is 306 g/mol. The molecule has 0 aliphatic rings. The molecule has 2 amide bonds. The number of nitrogens with one attached hydrogen (secondary N) is 1. The second-order valence-electron chi connectivity index (χ2n) is 4.34. The second-order valence-corrected chi connectivity index (χ2v) is 4.75. The minimum atomic E-state index is -0.677. The van der Waals surface area contributed by atoms with Crippen LogP contribution in [0.3, 0.4) is 0 Å². The molecule has 2 rings (SSSR count). The van der Waals surface area contributed by atoms with Gasteiger partial charge in [-0.05, 0) is 29.8 Å². The van der Waals surface area contributed by atoms with Crippen molar-refractivity contribution in [3.05, 3.63) is 70.0 Å². The van der Waals surface area contributed by atoms with E-state index in [0.717, 1.165) is 5.56 Å². The summed E-state index contributed by atoms with van der Waals surface area (Å²) in [6.07, 6.45) is 0. The third-order valence-electron chi connectivity index (χ3n) is 2.88. The Hall–Kier alpha value is -2.40. The molecule has 0 saturated heterocycles. The zero-order chi connectivity index (χ0) is 15.4. The Balaban J connectivity index is 2.06. The molecule has 0 bridgehead atoms. The van der Waals surface area contributed by atoms with E-state index in [1.54, 1.807) is 24.3 Å². The molecule has 0 radical (unpaired) electrons. The molecule has 2 aromatic carbocycles. The molecule has 0 aliphatic carbocycles. The number of hydrogen-bond donors (Lipinski definition) is 2. The van der Waals surface area contributed by atoms with Crippen molar-refractivity contribution in [2.75, 3.05) is 0 Å². The number of rotatable bonds is 4. The van der Waals surface area contributed by atoms with E-state index < -0.39 is 17.6 Å². The Morgan fingerprint density at radius 1 is 1.14 bits per heavy atom. The van der Waals surface area contributed by atoms with Crippen molar-refractivity contribution in [3.63, 3.8) is 0 Å². The lowest BCUT2D eigenvalue weighted by Gasteiger charge is -2.08. The summed E-state index contributed by atoms with van der Waals surface area (Å²) in [6, 6.07) is 10.5. The van der Waals surface area contributed by atoms with Gasteiger partial charge in [0.15, 0.2) is 0 Å². The molecule has 0 saturated carbocycles. The number of halogens is 2. The fraction of sp³-hybridized carbons (Fsp3) is 0.0667. The number of primary amides is 1. The lowest BCUT2D eigenvalue weighted by atomic mass is 10.1. The molecule has 0 heterocycles. The lowest BCUT2D eigenvalue weighted by Crippen LogP contribution is -2.24. The Labute approximate surface area is 125 Å². The van der Waals surface area contributed by atoms with E-state index in [1.165, 1.54) is 18.2 Å². The van der Waals surface area contributed by atoms with Crippen LogP contribution in [0, 0.1) is 5.82 Å². The lowest BCUT2D eigenvalue weighted by molar-refractivity contribution is 0.0945. The third-order valence-corrected chi connectivity index (χ3v) is 3.20. The fourth-order valence-electron chi connectivity index (χ4n) is 1.77. The zero-order valence-electron chi connectivity index (χ0n) is 10.9. The quantitative estimate of drug-likeness (QED) is 0.911. The molecule has 0 fully saturated rings. The largest absolute Gasteiger partial charge is 0.366 e. The average molecular weight is 307 g/mol. The average Bonchev–Trinajstić information content (AvgIpc) is 2.45. The van der Waals surface area contributed by atoms with Gasteiger partial charge in [-0.15, -0.1) is 0 Å². The van der Waals surface area contributed by atoms with Gasteiger partial charge in [-0.1, -0.05) is 29.8 Å². The van der Waals surface area contributed by atoms with E-state index in [2.05, 4.69) is 5.32 Å². The predicted molar refractivity (Wildman–Crippen MR) is 77.5 cm³/mol. The van der Waals surface area contributed by atoms with Gasteiger partial charge in [0.2, 0.25) is 5.91 Å². The number of amides is 2. The van der Waals surface area contributed by atoms with Crippen molar-refractivity contribution in [1.82, 2.24) is 5.32 Å². The van der Waals surface area contributed by atoms with E-state index >= 15 is 0 Å². The first-order valence-corrected chi connectivity index (χ1v) is 6.48. The van der Waals surface area contributed by atoms with Crippen LogP contribution in [0.15, 0.2) is 42.5 Å². The number of hydrogen-bond acceptors (Lipinski definition) is 2. The molecule has 108 valence electrons. The highest BCUT2D eigenvalue weighted by Gasteiger charge is 2.15. The van der Waals surface area contributed by atoms with Crippen LogP contribution < -0.4 is 11.1 Å². The maximum absolute atomic E-state index is 13.6. The van der Waals surface area contributed by atoms with Crippen LogP contribution >= 0.6 is 11.6 Å². The van der Waals surface area contributed by atoms with Crippen molar-refractivity contribution < 1.29 is 14.0 Å². The van der Waals surface area contributed by atoms with Gasteiger partial charge in [-0.3, -0.25) is 9.59 Å². The molecule has 0 aromatic heterocycles. The number of benzene rings is 2. The van der Waals surface area contributed by atoms with Crippen LogP contribution in [0.25, 0.3) is 0 Å². The third kappa shape index (κ3) is 3.58. The summed E-state index contributed by atoms with van der Waals surface area (Å²) < 4.78 is 13.6. The first-order valence-electron chi connectivity index (χ1n) is 6.10. The molecule has 21 heavy (non-hydrogen) atoms. The number of carbonyl (C=O) groups is 2. The van der Waals surface area contributed by atoms with Crippen molar-refractivity contribution in [1.29, 1.82) is 0 Å². The Kier molecular flexibility index (Phi) is 4.55. The molecule has 0 unspecified atom stereocenters. The van der Waals surface area contributed by atoms with Crippen LogP contribution in [0.5, 0.6) is 0 Å². The Bertz CT molecular complexity index is 666. The summed E-state index contributed by atoms with van der Waals surface area (Å²) >= 11 is 5.81. The van der Waals surface area contributed by atoms with Crippen LogP contribution in [-0.2, 0) is 6.54 Å². The molecule has 0 atom stereocenters. The Morgan fingerprint density at radius 2 is 1.81 bits per heavy atom. The molecule has 0 aliphatic heterocycles. The van der Waals surface area contributed by atoms with Gasteiger partial charge in [0, 0.05) is 12.1 Å². The molecule has 4 nitrogen and oxygen atoms in total. The second kappa shape index (κ2) is 6.37. The van der Waals surface area contributed by atoms with E-state index in [4.69, 9.17) is 17.3 Å². The number of nitrogens with two attached hydrogens (primary N) is 1. The highest BCUT2D eigenvalue weighted by Crippen LogP contribution is 2.18. The molecule has 6 heteroatoms. The maximum Gasteiger partial charge on any atom is 0.256 e. The topological polar surface area (TPSA) is 72.2 Å².